The summed E-state index contributed by atoms with van der Waals surface area (Å²) in [5.41, 5.74) is 4.92. The topological polar surface area (TPSA) is 96.1 Å². The Hall–Kier alpha value is -3.10. The second-order valence-corrected chi connectivity index (χ2v) is 7.22. The number of carbonyl (C=O) groups excluding carboxylic acids is 2. The minimum atomic E-state index is -0.272. The van der Waals surface area contributed by atoms with Crippen molar-refractivity contribution in [3.63, 3.8) is 0 Å². The van der Waals surface area contributed by atoms with Gasteiger partial charge in [0.2, 0.25) is 0 Å². The van der Waals surface area contributed by atoms with E-state index in [1.54, 1.807) is 26.4 Å². The lowest BCUT2D eigenvalue weighted by Crippen LogP contribution is -1.98. The molecule has 2 aromatic rings. The Morgan fingerprint density at radius 2 is 1.13 bits per heavy atom. The number of epoxide rings is 2. The third kappa shape index (κ3) is 3.18. The van der Waals surface area contributed by atoms with Crippen molar-refractivity contribution in [3.8, 4) is 11.5 Å². The predicted octanol–water partition coefficient (Wildman–Crippen LogP) is 2.87. The first-order valence-corrected chi connectivity index (χ1v) is 9.59. The van der Waals surface area contributed by atoms with Gasteiger partial charge in [-0.3, -0.25) is 0 Å². The van der Waals surface area contributed by atoms with Crippen LogP contribution in [0.25, 0.3) is 0 Å². The molecule has 0 aliphatic carbocycles. The van der Waals surface area contributed by atoms with E-state index < -0.39 is 0 Å². The normalized spacial score (nSPS) is 22.2. The molecule has 0 N–H and O–H groups in total. The molecule has 4 heterocycles. The molecule has 0 spiro atoms. The van der Waals surface area contributed by atoms with Gasteiger partial charge in [-0.1, -0.05) is 12.1 Å². The quantitative estimate of drug-likeness (QED) is 0.559. The summed E-state index contributed by atoms with van der Waals surface area (Å²) in [5.74, 6) is 0.930. The van der Waals surface area contributed by atoms with E-state index in [4.69, 9.17) is 28.4 Å². The van der Waals surface area contributed by atoms with Gasteiger partial charge >= 0.3 is 11.9 Å². The number of cyclic esters (lactones) is 2. The van der Waals surface area contributed by atoms with Crippen LogP contribution in [0.3, 0.4) is 0 Å². The van der Waals surface area contributed by atoms with Crippen molar-refractivity contribution in [1.29, 1.82) is 0 Å². The van der Waals surface area contributed by atoms with Crippen molar-refractivity contribution in [2.45, 2.75) is 25.4 Å². The SMILES string of the molecule is COc1c(C2CO2)ccc2c1COC2=O.COc1c(C2CO2)ccc2c1COC2=O. The number of benzene rings is 2. The van der Waals surface area contributed by atoms with Crippen molar-refractivity contribution in [2.24, 2.45) is 0 Å². The Balaban J connectivity index is 0.000000128. The van der Waals surface area contributed by atoms with Crippen LogP contribution in [-0.2, 0) is 32.2 Å². The van der Waals surface area contributed by atoms with Crippen LogP contribution in [0.2, 0.25) is 0 Å². The first-order chi connectivity index (χ1) is 14.6. The van der Waals surface area contributed by atoms with Gasteiger partial charge in [0, 0.05) is 22.3 Å². The van der Waals surface area contributed by atoms with Crippen molar-refractivity contribution in [1.82, 2.24) is 0 Å². The van der Waals surface area contributed by atoms with Crippen LogP contribution in [0.5, 0.6) is 11.5 Å². The van der Waals surface area contributed by atoms with Gasteiger partial charge in [0.25, 0.3) is 0 Å². The largest absolute Gasteiger partial charge is 0.496 e. The van der Waals surface area contributed by atoms with Crippen LogP contribution in [0.15, 0.2) is 24.3 Å². The molecule has 4 aliphatic heterocycles. The molecule has 2 aromatic carbocycles. The van der Waals surface area contributed by atoms with Crippen LogP contribution in [-0.4, -0.2) is 39.4 Å². The summed E-state index contributed by atoms with van der Waals surface area (Å²) in [4.78, 5) is 22.6. The molecule has 2 atom stereocenters. The van der Waals surface area contributed by atoms with E-state index in [0.29, 0.717) is 24.3 Å². The fraction of sp³-hybridized carbons (Fsp3) is 0.364. The monoisotopic (exact) mass is 412 g/mol. The summed E-state index contributed by atoms with van der Waals surface area (Å²) < 4.78 is 31.0. The van der Waals surface area contributed by atoms with Crippen LogP contribution < -0.4 is 9.47 Å². The Labute approximate surface area is 172 Å². The second-order valence-electron chi connectivity index (χ2n) is 7.22. The average Bonchev–Trinajstić information content (AvgIpc) is 3.69. The lowest BCUT2D eigenvalue weighted by Gasteiger charge is -2.09. The Morgan fingerprint density at radius 1 is 0.733 bits per heavy atom. The molecular formula is C22H20O8. The maximum atomic E-state index is 11.3. The fourth-order valence-corrected chi connectivity index (χ4v) is 3.84. The Kier molecular flexibility index (Phi) is 4.60. The van der Waals surface area contributed by atoms with E-state index in [0.717, 1.165) is 47.0 Å². The number of hydrogen-bond acceptors (Lipinski definition) is 8. The lowest BCUT2D eigenvalue weighted by atomic mass is 10.0. The van der Waals surface area contributed by atoms with Gasteiger partial charge in [-0.05, 0) is 12.1 Å². The molecule has 156 valence electrons. The van der Waals surface area contributed by atoms with E-state index in [2.05, 4.69) is 0 Å². The highest BCUT2D eigenvalue weighted by atomic mass is 16.6. The first kappa shape index (κ1) is 18.9. The third-order valence-corrected chi connectivity index (χ3v) is 5.49. The lowest BCUT2D eigenvalue weighted by molar-refractivity contribution is 0.0525. The molecule has 0 amide bonds. The van der Waals surface area contributed by atoms with E-state index in [9.17, 15) is 9.59 Å². The summed E-state index contributed by atoms with van der Waals surface area (Å²) in [6.07, 6.45) is 0.252. The number of esters is 2. The standard InChI is InChI=1S/2C11H10O4/c2*1-13-10-7(9-5-14-9)3-2-6-8(10)4-15-11(6)12/h2*2-3,9H,4-5H2,1H3. The number of hydrogen-bond donors (Lipinski definition) is 0. The highest BCUT2D eigenvalue weighted by molar-refractivity contribution is 5.95. The predicted molar refractivity (Wildman–Crippen MR) is 102 cm³/mol. The zero-order chi connectivity index (χ0) is 20.8. The zero-order valence-corrected chi connectivity index (χ0v) is 16.6. The van der Waals surface area contributed by atoms with Gasteiger partial charge < -0.3 is 28.4 Å². The van der Waals surface area contributed by atoms with Gasteiger partial charge in [-0.25, -0.2) is 9.59 Å². The van der Waals surface area contributed by atoms with Crippen molar-refractivity contribution >= 4 is 11.9 Å². The van der Waals surface area contributed by atoms with E-state index in [-0.39, 0.29) is 24.1 Å². The number of ether oxygens (including phenoxy) is 6. The summed E-state index contributed by atoms with van der Waals surface area (Å²) in [6.45, 7) is 2.06. The highest BCUT2D eigenvalue weighted by Crippen LogP contribution is 2.42. The van der Waals surface area contributed by atoms with Crippen LogP contribution >= 0.6 is 0 Å². The van der Waals surface area contributed by atoms with Crippen molar-refractivity contribution in [3.05, 3.63) is 57.6 Å². The van der Waals surface area contributed by atoms with Crippen molar-refractivity contribution in [2.75, 3.05) is 27.4 Å². The number of carbonyl (C=O) groups is 2. The van der Waals surface area contributed by atoms with Crippen LogP contribution in [0.4, 0.5) is 0 Å². The Bertz CT molecular complexity index is 952. The number of methoxy groups -OCH3 is 2. The summed E-state index contributed by atoms with van der Waals surface area (Å²) in [5, 5.41) is 0. The van der Waals surface area contributed by atoms with Gasteiger partial charge in [0.1, 0.15) is 36.9 Å². The number of rotatable bonds is 4. The molecule has 8 nitrogen and oxygen atoms in total. The first-order valence-electron chi connectivity index (χ1n) is 9.59. The molecule has 2 unspecified atom stereocenters. The van der Waals surface area contributed by atoms with Gasteiger partial charge in [0.15, 0.2) is 0 Å². The maximum Gasteiger partial charge on any atom is 0.339 e. The fourth-order valence-electron chi connectivity index (χ4n) is 3.84. The molecule has 0 aromatic heterocycles. The van der Waals surface area contributed by atoms with Crippen molar-refractivity contribution < 1.29 is 38.0 Å². The minimum Gasteiger partial charge on any atom is -0.496 e. The Morgan fingerprint density at radius 3 is 1.47 bits per heavy atom. The van der Waals surface area contributed by atoms with Crippen LogP contribution in [0.1, 0.15) is 55.2 Å². The molecule has 6 rings (SSSR count). The number of fused-ring (bicyclic) bond motifs is 2. The van der Waals surface area contributed by atoms with E-state index in [1.807, 2.05) is 12.1 Å². The third-order valence-electron chi connectivity index (χ3n) is 5.49. The second kappa shape index (κ2) is 7.30. The smallest absolute Gasteiger partial charge is 0.339 e. The van der Waals surface area contributed by atoms with Gasteiger partial charge in [-0.2, -0.15) is 0 Å². The zero-order valence-electron chi connectivity index (χ0n) is 16.6. The average molecular weight is 412 g/mol. The van der Waals surface area contributed by atoms with E-state index >= 15 is 0 Å². The highest BCUT2D eigenvalue weighted by Gasteiger charge is 2.34. The van der Waals surface area contributed by atoms with Gasteiger partial charge in [0.05, 0.1) is 38.6 Å². The summed E-state index contributed by atoms with van der Waals surface area (Å²) >= 11 is 0. The summed E-state index contributed by atoms with van der Waals surface area (Å²) in [6, 6.07) is 7.32. The molecule has 0 saturated carbocycles. The van der Waals surface area contributed by atoms with Gasteiger partial charge in [-0.15, -0.1) is 0 Å². The molecule has 30 heavy (non-hydrogen) atoms. The maximum absolute atomic E-state index is 11.3. The molecule has 8 heteroatoms. The molecule has 2 saturated heterocycles. The molecular weight excluding hydrogens is 392 g/mol. The molecule has 0 radical (unpaired) electrons. The van der Waals surface area contributed by atoms with Crippen LogP contribution in [0, 0.1) is 0 Å². The minimum absolute atomic E-state index is 0.126. The molecule has 4 aliphatic rings. The van der Waals surface area contributed by atoms with E-state index in [1.165, 1.54) is 0 Å². The summed E-state index contributed by atoms with van der Waals surface area (Å²) in [7, 11) is 3.20. The molecule has 2 fully saturated rings. The molecule has 0 bridgehead atoms.